The Bertz CT molecular complexity index is 652. The molecule has 2 fully saturated rings. The normalized spacial score (nSPS) is 21.4. The fourth-order valence-corrected chi connectivity index (χ4v) is 3.87. The van der Waals surface area contributed by atoms with Gasteiger partial charge < -0.3 is 9.64 Å². The van der Waals surface area contributed by atoms with Gasteiger partial charge >= 0.3 is 5.97 Å². The van der Waals surface area contributed by atoms with E-state index < -0.39 is 11.9 Å². The summed E-state index contributed by atoms with van der Waals surface area (Å²) in [5, 5.41) is 0. The summed E-state index contributed by atoms with van der Waals surface area (Å²) in [6.45, 7) is 0.142. The third-order valence-electron chi connectivity index (χ3n) is 5.02. The second-order valence-corrected chi connectivity index (χ2v) is 7.69. The first-order chi connectivity index (χ1) is 12.0. The molecule has 5 nitrogen and oxygen atoms in total. The Balaban J connectivity index is 1.50. The van der Waals surface area contributed by atoms with Crippen molar-refractivity contribution in [1.82, 2.24) is 4.90 Å². The van der Waals surface area contributed by atoms with Crippen LogP contribution in [0.3, 0.4) is 0 Å². The molecule has 1 saturated carbocycles. The monoisotopic (exact) mass is 407 g/mol. The van der Waals surface area contributed by atoms with E-state index in [0.717, 1.165) is 30.2 Å². The van der Waals surface area contributed by atoms with Crippen molar-refractivity contribution in [2.45, 2.75) is 44.6 Å². The lowest BCUT2D eigenvalue weighted by atomic mass is 9.94. The van der Waals surface area contributed by atoms with Crippen LogP contribution in [0, 0.1) is 5.92 Å². The highest BCUT2D eigenvalue weighted by molar-refractivity contribution is 9.10. The number of likely N-dealkylation sites (tertiary alicyclic amines) is 1. The minimum atomic E-state index is -0.452. The van der Waals surface area contributed by atoms with Crippen LogP contribution in [0.2, 0.25) is 0 Å². The highest BCUT2D eigenvalue weighted by Crippen LogP contribution is 2.29. The van der Waals surface area contributed by atoms with Crippen molar-refractivity contribution in [3.63, 3.8) is 0 Å². The SMILES string of the molecule is O=C(COC(=O)C1CC(=O)N(C2CCCCC2)C1)c1ccc(Br)cc1. The Kier molecular flexibility index (Phi) is 5.89. The van der Waals surface area contributed by atoms with Gasteiger partial charge in [0.15, 0.2) is 12.4 Å². The maximum absolute atomic E-state index is 12.2. The molecule has 0 spiro atoms. The number of ether oxygens (including phenoxy) is 1. The number of carbonyl (C=O) groups is 3. The molecule has 0 radical (unpaired) electrons. The first-order valence-electron chi connectivity index (χ1n) is 8.79. The minimum Gasteiger partial charge on any atom is -0.457 e. The average Bonchev–Trinajstić information content (AvgIpc) is 3.02. The van der Waals surface area contributed by atoms with E-state index in [9.17, 15) is 14.4 Å². The number of rotatable bonds is 5. The summed E-state index contributed by atoms with van der Waals surface area (Å²) in [4.78, 5) is 38.4. The van der Waals surface area contributed by atoms with Gasteiger partial charge in [-0.1, -0.05) is 47.3 Å². The van der Waals surface area contributed by atoms with Gasteiger partial charge in [-0.25, -0.2) is 0 Å². The van der Waals surface area contributed by atoms with Crippen molar-refractivity contribution < 1.29 is 19.1 Å². The molecule has 0 bridgehead atoms. The van der Waals surface area contributed by atoms with Gasteiger partial charge in [0.1, 0.15) is 0 Å². The second-order valence-electron chi connectivity index (χ2n) is 6.78. The Morgan fingerprint density at radius 2 is 1.80 bits per heavy atom. The van der Waals surface area contributed by atoms with Crippen LogP contribution in [0.1, 0.15) is 48.9 Å². The van der Waals surface area contributed by atoms with Crippen molar-refractivity contribution >= 4 is 33.6 Å². The van der Waals surface area contributed by atoms with Crippen molar-refractivity contribution in [3.05, 3.63) is 34.3 Å². The summed E-state index contributed by atoms with van der Waals surface area (Å²) in [5.41, 5.74) is 0.502. The van der Waals surface area contributed by atoms with E-state index in [-0.39, 0.29) is 30.8 Å². The van der Waals surface area contributed by atoms with Crippen LogP contribution in [0.25, 0.3) is 0 Å². The molecular weight excluding hydrogens is 386 g/mol. The predicted octanol–water partition coefficient (Wildman–Crippen LogP) is 3.36. The third kappa shape index (κ3) is 4.48. The molecule has 1 amide bonds. The maximum atomic E-state index is 12.2. The highest BCUT2D eigenvalue weighted by Gasteiger charge is 2.39. The summed E-state index contributed by atoms with van der Waals surface area (Å²) < 4.78 is 6.06. The maximum Gasteiger partial charge on any atom is 0.311 e. The first-order valence-corrected chi connectivity index (χ1v) is 9.59. The average molecular weight is 408 g/mol. The topological polar surface area (TPSA) is 63.7 Å². The van der Waals surface area contributed by atoms with E-state index >= 15 is 0 Å². The molecule has 0 aromatic heterocycles. The lowest BCUT2D eigenvalue weighted by Gasteiger charge is -2.31. The first kappa shape index (κ1) is 18.1. The summed E-state index contributed by atoms with van der Waals surface area (Å²) in [6.07, 6.45) is 5.76. The van der Waals surface area contributed by atoms with Crippen LogP contribution in [0.15, 0.2) is 28.7 Å². The zero-order valence-electron chi connectivity index (χ0n) is 14.1. The molecule has 2 aliphatic rings. The summed E-state index contributed by atoms with van der Waals surface area (Å²) >= 11 is 3.31. The smallest absolute Gasteiger partial charge is 0.311 e. The molecule has 1 aromatic carbocycles. The summed E-state index contributed by atoms with van der Waals surface area (Å²) in [5.74, 6) is -1.10. The zero-order valence-corrected chi connectivity index (χ0v) is 15.7. The molecule has 25 heavy (non-hydrogen) atoms. The molecule has 1 heterocycles. The van der Waals surface area contributed by atoms with Crippen molar-refractivity contribution in [3.8, 4) is 0 Å². The van der Waals surface area contributed by atoms with Crippen LogP contribution < -0.4 is 0 Å². The number of carbonyl (C=O) groups excluding carboxylic acids is 3. The number of hydrogen-bond donors (Lipinski definition) is 0. The van der Waals surface area contributed by atoms with Crippen molar-refractivity contribution in [1.29, 1.82) is 0 Å². The molecule has 6 heteroatoms. The van der Waals surface area contributed by atoms with Crippen LogP contribution in [0.4, 0.5) is 0 Å². The van der Waals surface area contributed by atoms with Gasteiger partial charge in [-0.05, 0) is 25.0 Å². The minimum absolute atomic E-state index is 0.0353. The van der Waals surface area contributed by atoms with E-state index in [1.165, 1.54) is 6.42 Å². The number of Topliss-reactive ketones (excluding diaryl/α,β-unsaturated/α-hetero) is 1. The number of hydrogen-bond acceptors (Lipinski definition) is 4. The summed E-state index contributed by atoms with van der Waals surface area (Å²) in [7, 11) is 0. The molecule has 1 aliphatic carbocycles. The van der Waals surface area contributed by atoms with E-state index in [2.05, 4.69) is 15.9 Å². The Morgan fingerprint density at radius 1 is 1.12 bits per heavy atom. The Labute approximate surface area is 155 Å². The van der Waals surface area contributed by atoms with Gasteiger partial charge in [-0.3, -0.25) is 14.4 Å². The molecule has 1 aliphatic heterocycles. The van der Waals surface area contributed by atoms with Gasteiger partial charge in [0.05, 0.1) is 5.92 Å². The summed E-state index contributed by atoms with van der Waals surface area (Å²) in [6, 6.07) is 7.18. The predicted molar refractivity (Wildman–Crippen MR) is 96.1 cm³/mol. The lowest BCUT2D eigenvalue weighted by Crippen LogP contribution is -2.38. The van der Waals surface area contributed by atoms with Crippen molar-refractivity contribution in [2.24, 2.45) is 5.92 Å². The standard InChI is InChI=1S/C19H22BrNO4/c20-15-8-6-13(7-9-15)17(22)12-25-19(24)14-10-18(23)21(11-14)16-4-2-1-3-5-16/h6-9,14,16H,1-5,10-12H2. The number of benzene rings is 1. The third-order valence-corrected chi connectivity index (χ3v) is 5.55. The van der Waals surface area contributed by atoms with Gasteiger partial charge in [0.25, 0.3) is 0 Å². The number of nitrogens with zero attached hydrogens (tertiary/aromatic N) is 1. The number of halogens is 1. The van der Waals surface area contributed by atoms with Crippen LogP contribution >= 0.6 is 15.9 Å². The highest BCUT2D eigenvalue weighted by atomic mass is 79.9. The van der Waals surface area contributed by atoms with E-state index in [1.807, 2.05) is 4.90 Å². The molecule has 1 atom stereocenters. The van der Waals surface area contributed by atoms with Crippen molar-refractivity contribution in [2.75, 3.05) is 13.2 Å². The molecule has 1 aromatic rings. The van der Waals surface area contributed by atoms with Crippen LogP contribution in [0.5, 0.6) is 0 Å². The largest absolute Gasteiger partial charge is 0.457 e. The lowest BCUT2D eigenvalue weighted by molar-refractivity contribution is -0.147. The van der Waals surface area contributed by atoms with E-state index in [4.69, 9.17) is 4.74 Å². The van der Waals surface area contributed by atoms with E-state index in [0.29, 0.717) is 12.1 Å². The fourth-order valence-electron chi connectivity index (χ4n) is 3.61. The number of esters is 1. The fraction of sp³-hybridized carbons (Fsp3) is 0.526. The molecule has 0 N–H and O–H groups in total. The molecule has 1 unspecified atom stereocenters. The van der Waals surface area contributed by atoms with Gasteiger partial charge in [-0.2, -0.15) is 0 Å². The molecule has 3 rings (SSSR count). The zero-order chi connectivity index (χ0) is 17.8. The Hall–Kier alpha value is -1.69. The van der Waals surface area contributed by atoms with Crippen LogP contribution in [-0.2, 0) is 14.3 Å². The quantitative estimate of drug-likeness (QED) is 0.554. The second kappa shape index (κ2) is 8.13. The van der Waals surface area contributed by atoms with Crippen LogP contribution in [-0.4, -0.2) is 41.8 Å². The number of ketones is 1. The van der Waals surface area contributed by atoms with Gasteiger partial charge in [0.2, 0.25) is 5.91 Å². The molecule has 1 saturated heterocycles. The van der Waals surface area contributed by atoms with Gasteiger partial charge in [0, 0.05) is 29.0 Å². The number of amides is 1. The molecular formula is C19H22BrNO4. The Morgan fingerprint density at radius 3 is 2.48 bits per heavy atom. The van der Waals surface area contributed by atoms with Gasteiger partial charge in [-0.15, -0.1) is 0 Å². The van der Waals surface area contributed by atoms with E-state index in [1.54, 1.807) is 24.3 Å². The molecule has 134 valence electrons.